The molecule has 1 atom stereocenters. The van der Waals surface area contributed by atoms with Crippen LogP contribution in [0.5, 0.6) is 0 Å². The Balaban J connectivity index is 1.74. The van der Waals surface area contributed by atoms with Gasteiger partial charge in [0, 0.05) is 25.7 Å². The maximum atomic E-state index is 13.0. The fourth-order valence-corrected chi connectivity index (χ4v) is 4.42. The zero-order chi connectivity index (χ0) is 23.4. The molecule has 1 saturated heterocycles. The zero-order valence-corrected chi connectivity index (χ0v) is 18.2. The van der Waals surface area contributed by atoms with Gasteiger partial charge in [0.25, 0.3) is 15.9 Å². The first kappa shape index (κ1) is 24.0. The predicted molar refractivity (Wildman–Crippen MR) is 113 cm³/mol. The van der Waals surface area contributed by atoms with Crippen LogP contribution in [-0.4, -0.2) is 58.1 Å². The van der Waals surface area contributed by atoms with Crippen molar-refractivity contribution >= 4 is 21.6 Å². The zero-order valence-electron chi connectivity index (χ0n) is 17.4. The quantitative estimate of drug-likeness (QED) is 0.649. The lowest BCUT2D eigenvalue weighted by atomic mass is 10.1. The number of benzene rings is 2. The molecule has 0 aromatic heterocycles. The van der Waals surface area contributed by atoms with Crippen LogP contribution < -0.4 is 10.0 Å². The Kier molecular flexibility index (Phi) is 7.42. The van der Waals surface area contributed by atoms with E-state index in [4.69, 9.17) is 4.74 Å². The summed E-state index contributed by atoms with van der Waals surface area (Å²) < 4.78 is 71.8. The molecule has 2 N–H and O–H groups in total. The van der Waals surface area contributed by atoms with Gasteiger partial charge in [-0.25, -0.2) is 8.42 Å². The molecule has 32 heavy (non-hydrogen) atoms. The number of nitrogens with one attached hydrogen (secondary N) is 2. The molecule has 174 valence electrons. The van der Waals surface area contributed by atoms with Crippen LogP contribution in [0.1, 0.15) is 22.8 Å². The normalized spacial score (nSPS) is 16.4. The monoisotopic (exact) mass is 471 g/mol. The first-order valence-electron chi connectivity index (χ1n) is 9.97. The lowest BCUT2D eigenvalue weighted by Crippen LogP contribution is -2.47. The number of halogens is 3. The molecule has 0 bridgehead atoms. The van der Waals surface area contributed by atoms with Crippen molar-refractivity contribution in [2.75, 3.05) is 37.6 Å². The molecule has 3 rings (SSSR count). The summed E-state index contributed by atoms with van der Waals surface area (Å²) in [6, 6.07) is 9.39. The van der Waals surface area contributed by atoms with Crippen LogP contribution in [-0.2, 0) is 20.9 Å². The van der Waals surface area contributed by atoms with Gasteiger partial charge in [0.05, 0.1) is 34.9 Å². The fraction of sp³-hybridized carbons (Fsp3) is 0.381. The summed E-state index contributed by atoms with van der Waals surface area (Å²) in [7, 11) is -4.35. The van der Waals surface area contributed by atoms with Gasteiger partial charge < -0.3 is 10.1 Å². The Morgan fingerprint density at radius 1 is 1.12 bits per heavy atom. The minimum absolute atomic E-state index is 0.0264. The molecule has 1 fully saturated rings. The van der Waals surface area contributed by atoms with E-state index in [1.165, 1.54) is 18.2 Å². The van der Waals surface area contributed by atoms with E-state index in [9.17, 15) is 26.4 Å². The number of rotatable bonds is 7. The number of amides is 1. The van der Waals surface area contributed by atoms with Gasteiger partial charge in [-0.05, 0) is 37.3 Å². The van der Waals surface area contributed by atoms with Crippen molar-refractivity contribution in [3.05, 3.63) is 59.7 Å². The predicted octanol–water partition coefficient (Wildman–Crippen LogP) is 2.96. The van der Waals surface area contributed by atoms with Gasteiger partial charge in [-0.2, -0.15) is 13.2 Å². The van der Waals surface area contributed by atoms with Gasteiger partial charge in [0.1, 0.15) is 0 Å². The van der Waals surface area contributed by atoms with E-state index < -0.39 is 32.6 Å². The first-order chi connectivity index (χ1) is 15.1. The average Bonchev–Trinajstić information content (AvgIpc) is 2.77. The number of hydrogen-bond acceptors (Lipinski definition) is 5. The van der Waals surface area contributed by atoms with Crippen molar-refractivity contribution < 1.29 is 31.1 Å². The number of hydrogen-bond donors (Lipinski definition) is 2. The highest BCUT2D eigenvalue weighted by atomic mass is 32.2. The molecule has 1 heterocycles. The van der Waals surface area contributed by atoms with Crippen molar-refractivity contribution in [3.8, 4) is 0 Å². The summed E-state index contributed by atoms with van der Waals surface area (Å²) >= 11 is 0. The molecule has 0 saturated carbocycles. The van der Waals surface area contributed by atoms with Gasteiger partial charge in [-0.1, -0.05) is 18.2 Å². The minimum atomic E-state index is -4.68. The topological polar surface area (TPSA) is 87.7 Å². The van der Waals surface area contributed by atoms with Crippen molar-refractivity contribution in [1.29, 1.82) is 0 Å². The largest absolute Gasteiger partial charge is 0.416 e. The summed E-state index contributed by atoms with van der Waals surface area (Å²) in [6.07, 6.45) is -4.68. The van der Waals surface area contributed by atoms with E-state index in [1.807, 2.05) is 6.92 Å². The SMILES string of the molecule is CC(CNC(=O)c1ccccc1NS(=O)(=O)c1cccc(C(F)(F)F)c1)N1CCOCC1. The molecule has 1 aliphatic heterocycles. The fourth-order valence-electron chi connectivity index (χ4n) is 3.30. The van der Waals surface area contributed by atoms with Gasteiger partial charge in [-0.3, -0.25) is 14.4 Å². The van der Waals surface area contributed by atoms with Crippen LogP contribution in [0.3, 0.4) is 0 Å². The molecule has 7 nitrogen and oxygen atoms in total. The van der Waals surface area contributed by atoms with Crippen LogP contribution in [0, 0.1) is 0 Å². The molecule has 2 aromatic carbocycles. The molecule has 0 radical (unpaired) electrons. The standard InChI is InChI=1S/C21H24F3N3O4S/c1-15(27-9-11-31-12-10-27)14-25-20(28)18-7-2-3-8-19(18)26-32(29,30)17-6-4-5-16(13-17)21(22,23)24/h2-8,13,15,26H,9-12,14H2,1H3,(H,25,28). The molecule has 0 spiro atoms. The molecular weight excluding hydrogens is 447 g/mol. The third-order valence-electron chi connectivity index (χ3n) is 5.11. The Bertz CT molecular complexity index is 1050. The van der Waals surface area contributed by atoms with E-state index in [2.05, 4.69) is 14.9 Å². The van der Waals surface area contributed by atoms with Crippen molar-refractivity contribution in [2.24, 2.45) is 0 Å². The summed E-state index contributed by atoms with van der Waals surface area (Å²) in [4.78, 5) is 14.3. The van der Waals surface area contributed by atoms with Gasteiger partial charge in [-0.15, -0.1) is 0 Å². The Morgan fingerprint density at radius 3 is 2.50 bits per heavy atom. The van der Waals surface area contributed by atoms with Crippen LogP contribution in [0.4, 0.5) is 18.9 Å². The summed E-state index contributed by atoms with van der Waals surface area (Å²) in [5.74, 6) is -0.493. The van der Waals surface area contributed by atoms with Crippen molar-refractivity contribution in [2.45, 2.75) is 24.0 Å². The van der Waals surface area contributed by atoms with Crippen LogP contribution in [0.15, 0.2) is 53.4 Å². The third-order valence-corrected chi connectivity index (χ3v) is 6.48. The summed E-state index contributed by atoms with van der Waals surface area (Å²) in [6.45, 7) is 5.06. The number of carbonyl (C=O) groups excluding carboxylic acids is 1. The Hall–Kier alpha value is -2.63. The molecule has 0 aliphatic carbocycles. The van der Waals surface area contributed by atoms with Gasteiger partial charge in [0.15, 0.2) is 0 Å². The van der Waals surface area contributed by atoms with Crippen LogP contribution in [0.25, 0.3) is 0 Å². The van der Waals surface area contributed by atoms with Gasteiger partial charge >= 0.3 is 6.18 Å². The van der Waals surface area contributed by atoms with Crippen LogP contribution in [0.2, 0.25) is 0 Å². The second-order valence-electron chi connectivity index (χ2n) is 7.38. The van der Waals surface area contributed by atoms with E-state index >= 15 is 0 Å². The molecule has 1 aliphatic rings. The molecular formula is C21H24F3N3O4S. The maximum absolute atomic E-state index is 13.0. The number of anilines is 1. The second-order valence-corrected chi connectivity index (χ2v) is 9.07. The highest BCUT2D eigenvalue weighted by molar-refractivity contribution is 7.92. The third kappa shape index (κ3) is 5.99. The number of nitrogens with zero attached hydrogens (tertiary/aromatic N) is 1. The Morgan fingerprint density at radius 2 is 1.81 bits per heavy atom. The van der Waals surface area contributed by atoms with Gasteiger partial charge in [0.2, 0.25) is 0 Å². The molecule has 1 amide bonds. The summed E-state index contributed by atoms with van der Waals surface area (Å²) in [5, 5.41) is 2.79. The smallest absolute Gasteiger partial charge is 0.379 e. The number of para-hydroxylation sites is 1. The van der Waals surface area contributed by atoms with E-state index in [-0.39, 0.29) is 17.3 Å². The van der Waals surface area contributed by atoms with E-state index in [0.717, 1.165) is 31.3 Å². The molecule has 2 aromatic rings. The number of morpholine rings is 1. The lowest BCUT2D eigenvalue weighted by Gasteiger charge is -2.32. The molecule has 11 heteroatoms. The Labute approximate surface area is 184 Å². The van der Waals surface area contributed by atoms with E-state index in [1.54, 1.807) is 6.07 Å². The number of ether oxygens (including phenoxy) is 1. The lowest BCUT2D eigenvalue weighted by molar-refractivity contribution is -0.137. The first-order valence-corrected chi connectivity index (χ1v) is 11.5. The highest BCUT2D eigenvalue weighted by Crippen LogP contribution is 2.31. The second kappa shape index (κ2) is 9.88. The number of sulfonamides is 1. The van der Waals surface area contributed by atoms with Crippen LogP contribution >= 0.6 is 0 Å². The number of alkyl halides is 3. The van der Waals surface area contributed by atoms with Crippen molar-refractivity contribution in [3.63, 3.8) is 0 Å². The van der Waals surface area contributed by atoms with Crippen molar-refractivity contribution in [1.82, 2.24) is 10.2 Å². The number of carbonyl (C=O) groups is 1. The van der Waals surface area contributed by atoms with E-state index in [0.29, 0.717) is 25.8 Å². The minimum Gasteiger partial charge on any atom is -0.379 e. The highest BCUT2D eigenvalue weighted by Gasteiger charge is 2.32. The molecule has 1 unspecified atom stereocenters. The maximum Gasteiger partial charge on any atom is 0.416 e. The average molecular weight is 472 g/mol. The summed E-state index contributed by atoms with van der Waals surface area (Å²) in [5.41, 5.74) is -1.04.